The molecule has 8 heteroatoms. The minimum Gasteiger partial charge on any atom is -0.420 e. The molecule has 0 aromatic heterocycles. The van der Waals surface area contributed by atoms with Crippen LogP contribution in [0.5, 0.6) is 5.75 Å². The first-order valence-corrected chi connectivity index (χ1v) is 8.91. The van der Waals surface area contributed by atoms with Crippen molar-refractivity contribution in [1.82, 2.24) is 0 Å². The van der Waals surface area contributed by atoms with E-state index in [-0.39, 0.29) is 21.2 Å². The standard InChI is InChI=1S/C14H9BrClFO4S/c1-22(19,20)9-3-4-11(16)10(7-9)14(18)21-13-5-2-8(15)6-12(13)17/h2-7H,1H3. The molecule has 0 radical (unpaired) electrons. The van der Waals surface area contributed by atoms with Crippen molar-refractivity contribution in [2.75, 3.05) is 6.26 Å². The summed E-state index contributed by atoms with van der Waals surface area (Å²) in [7, 11) is -3.51. The molecule has 0 aliphatic heterocycles. The maximum Gasteiger partial charge on any atom is 0.345 e. The molecule has 2 aromatic carbocycles. The maximum atomic E-state index is 13.7. The average Bonchev–Trinajstić information content (AvgIpc) is 2.41. The third kappa shape index (κ3) is 3.85. The fourth-order valence-electron chi connectivity index (χ4n) is 1.60. The molecule has 2 rings (SSSR count). The molecule has 2 aromatic rings. The Bertz CT molecular complexity index is 852. The average molecular weight is 408 g/mol. The predicted octanol–water partition coefficient (Wildman–Crippen LogP) is 3.86. The lowest BCUT2D eigenvalue weighted by molar-refractivity contribution is 0.0727. The highest BCUT2D eigenvalue weighted by molar-refractivity contribution is 9.10. The highest BCUT2D eigenvalue weighted by Gasteiger charge is 2.18. The molecule has 0 saturated heterocycles. The van der Waals surface area contributed by atoms with Crippen molar-refractivity contribution in [2.24, 2.45) is 0 Å². The Kier molecular flexibility index (Phi) is 4.89. The number of sulfone groups is 1. The van der Waals surface area contributed by atoms with Crippen LogP contribution in [0.1, 0.15) is 10.4 Å². The van der Waals surface area contributed by atoms with Gasteiger partial charge in [-0.25, -0.2) is 17.6 Å². The molecule has 0 saturated carbocycles. The lowest BCUT2D eigenvalue weighted by atomic mass is 10.2. The lowest BCUT2D eigenvalue weighted by Gasteiger charge is -2.08. The van der Waals surface area contributed by atoms with Crippen LogP contribution >= 0.6 is 27.5 Å². The SMILES string of the molecule is CS(=O)(=O)c1ccc(Cl)c(C(=O)Oc2ccc(Br)cc2F)c1. The Morgan fingerprint density at radius 2 is 1.91 bits per heavy atom. The first-order chi connectivity index (χ1) is 10.2. The van der Waals surface area contributed by atoms with E-state index in [1.807, 2.05) is 0 Å². The number of benzene rings is 2. The normalized spacial score (nSPS) is 11.3. The molecular weight excluding hydrogens is 399 g/mol. The summed E-state index contributed by atoms with van der Waals surface area (Å²) in [5.74, 6) is -1.97. The molecule has 0 amide bonds. The fraction of sp³-hybridized carbons (Fsp3) is 0.0714. The molecule has 116 valence electrons. The Morgan fingerprint density at radius 1 is 1.23 bits per heavy atom. The topological polar surface area (TPSA) is 60.4 Å². The smallest absolute Gasteiger partial charge is 0.345 e. The summed E-state index contributed by atoms with van der Waals surface area (Å²) in [4.78, 5) is 12.0. The summed E-state index contributed by atoms with van der Waals surface area (Å²) in [6.45, 7) is 0. The molecular formula is C14H9BrClFO4S. The van der Waals surface area contributed by atoms with Gasteiger partial charge in [0.2, 0.25) is 0 Å². The van der Waals surface area contributed by atoms with Crippen LogP contribution in [0.25, 0.3) is 0 Å². The zero-order valence-corrected chi connectivity index (χ0v) is 14.3. The van der Waals surface area contributed by atoms with Crippen LogP contribution in [0.4, 0.5) is 4.39 Å². The van der Waals surface area contributed by atoms with Crippen molar-refractivity contribution in [3.8, 4) is 5.75 Å². The third-order valence-electron chi connectivity index (χ3n) is 2.68. The van der Waals surface area contributed by atoms with Crippen LogP contribution in [-0.2, 0) is 9.84 Å². The van der Waals surface area contributed by atoms with Gasteiger partial charge in [0.1, 0.15) is 0 Å². The summed E-state index contributed by atoms with van der Waals surface area (Å²) in [5.41, 5.74) is -0.160. The molecule has 0 heterocycles. The number of hydrogen-bond acceptors (Lipinski definition) is 4. The van der Waals surface area contributed by atoms with Crippen LogP contribution in [0.2, 0.25) is 5.02 Å². The zero-order valence-electron chi connectivity index (χ0n) is 11.1. The van der Waals surface area contributed by atoms with Gasteiger partial charge in [0.15, 0.2) is 21.4 Å². The lowest BCUT2D eigenvalue weighted by Crippen LogP contribution is -2.11. The Balaban J connectivity index is 2.37. The van der Waals surface area contributed by atoms with Crippen LogP contribution in [0.15, 0.2) is 45.8 Å². The number of esters is 1. The molecule has 0 bridgehead atoms. The molecule has 0 aliphatic carbocycles. The monoisotopic (exact) mass is 406 g/mol. The minimum atomic E-state index is -3.51. The fourth-order valence-corrected chi connectivity index (χ4v) is 2.78. The van der Waals surface area contributed by atoms with Crippen molar-refractivity contribution < 1.29 is 22.3 Å². The van der Waals surface area contributed by atoms with E-state index in [1.165, 1.54) is 24.3 Å². The van der Waals surface area contributed by atoms with Crippen LogP contribution < -0.4 is 4.74 Å². The number of rotatable bonds is 3. The largest absolute Gasteiger partial charge is 0.420 e. The Hall–Kier alpha value is -1.44. The van der Waals surface area contributed by atoms with Gasteiger partial charge in [-0.3, -0.25) is 0 Å². The molecule has 0 fully saturated rings. The number of carbonyl (C=O) groups excluding carboxylic acids is 1. The van der Waals surface area contributed by atoms with Gasteiger partial charge in [-0.05, 0) is 36.4 Å². The van der Waals surface area contributed by atoms with Gasteiger partial charge in [0.05, 0.1) is 15.5 Å². The first-order valence-electron chi connectivity index (χ1n) is 5.85. The van der Waals surface area contributed by atoms with Gasteiger partial charge in [-0.15, -0.1) is 0 Å². The zero-order chi connectivity index (χ0) is 16.5. The van der Waals surface area contributed by atoms with E-state index in [0.717, 1.165) is 18.4 Å². The maximum absolute atomic E-state index is 13.7. The summed E-state index contributed by atoms with van der Waals surface area (Å²) in [6, 6.07) is 7.54. The predicted molar refractivity (Wildman–Crippen MR) is 83.6 cm³/mol. The third-order valence-corrected chi connectivity index (χ3v) is 4.62. The minimum absolute atomic E-state index is 0.00919. The second-order valence-electron chi connectivity index (χ2n) is 4.38. The van der Waals surface area contributed by atoms with Gasteiger partial charge >= 0.3 is 5.97 Å². The number of carbonyl (C=O) groups is 1. The highest BCUT2D eigenvalue weighted by Crippen LogP contribution is 2.25. The van der Waals surface area contributed by atoms with Crippen LogP contribution in [-0.4, -0.2) is 20.6 Å². The number of hydrogen-bond donors (Lipinski definition) is 0. The number of halogens is 3. The summed E-state index contributed by atoms with van der Waals surface area (Å²) >= 11 is 8.96. The number of ether oxygens (including phenoxy) is 1. The van der Waals surface area contributed by atoms with Gasteiger partial charge in [-0.1, -0.05) is 27.5 Å². The van der Waals surface area contributed by atoms with E-state index in [0.29, 0.717) is 4.47 Å². The molecule has 4 nitrogen and oxygen atoms in total. The summed E-state index contributed by atoms with van der Waals surface area (Å²) in [5, 5.41) is 0.00919. The molecule has 0 spiro atoms. The van der Waals surface area contributed by atoms with Crippen molar-refractivity contribution in [3.05, 3.63) is 57.3 Å². The molecule has 0 N–H and O–H groups in total. The van der Waals surface area contributed by atoms with Crippen molar-refractivity contribution in [3.63, 3.8) is 0 Å². The van der Waals surface area contributed by atoms with Gasteiger partial charge in [0.25, 0.3) is 0 Å². The van der Waals surface area contributed by atoms with Crippen LogP contribution in [0.3, 0.4) is 0 Å². The highest BCUT2D eigenvalue weighted by atomic mass is 79.9. The van der Waals surface area contributed by atoms with Gasteiger partial charge < -0.3 is 4.74 Å². The van der Waals surface area contributed by atoms with Crippen LogP contribution in [0, 0.1) is 5.82 Å². The Labute approximate surface area is 139 Å². The van der Waals surface area contributed by atoms with E-state index in [1.54, 1.807) is 0 Å². The second kappa shape index (κ2) is 6.36. The van der Waals surface area contributed by atoms with Gasteiger partial charge in [-0.2, -0.15) is 0 Å². The van der Waals surface area contributed by atoms with Crippen molar-refractivity contribution in [1.29, 1.82) is 0 Å². The quantitative estimate of drug-likeness (QED) is 0.572. The van der Waals surface area contributed by atoms with Crippen molar-refractivity contribution >= 4 is 43.3 Å². The van der Waals surface area contributed by atoms with E-state index in [4.69, 9.17) is 16.3 Å². The Morgan fingerprint density at radius 3 is 2.50 bits per heavy atom. The van der Waals surface area contributed by atoms with Gasteiger partial charge in [0, 0.05) is 10.7 Å². The van der Waals surface area contributed by atoms with E-state index >= 15 is 0 Å². The molecule has 22 heavy (non-hydrogen) atoms. The summed E-state index contributed by atoms with van der Waals surface area (Å²) < 4.78 is 42.1. The molecule has 0 atom stereocenters. The molecule has 0 aliphatic rings. The van der Waals surface area contributed by atoms with Crippen molar-refractivity contribution in [2.45, 2.75) is 4.90 Å². The first kappa shape index (κ1) is 16.9. The van der Waals surface area contributed by atoms with E-state index < -0.39 is 21.6 Å². The van der Waals surface area contributed by atoms with E-state index in [9.17, 15) is 17.6 Å². The summed E-state index contributed by atoms with van der Waals surface area (Å²) in [6.07, 6.45) is 1.000. The van der Waals surface area contributed by atoms with E-state index in [2.05, 4.69) is 15.9 Å². The molecule has 0 unspecified atom stereocenters. The second-order valence-corrected chi connectivity index (χ2v) is 7.72.